The summed E-state index contributed by atoms with van der Waals surface area (Å²) in [6, 6.07) is 5.02. The molecular formula is C22H19F4N5O2. The molecule has 0 aliphatic carbocycles. The smallest absolute Gasteiger partial charge is 0.419 e. The second-order valence-corrected chi connectivity index (χ2v) is 7.61. The summed E-state index contributed by atoms with van der Waals surface area (Å²) < 4.78 is 57.0. The van der Waals surface area contributed by atoms with E-state index in [4.69, 9.17) is 4.74 Å². The molecule has 0 saturated carbocycles. The van der Waals surface area contributed by atoms with E-state index in [1.807, 2.05) is 13.0 Å². The Bertz CT molecular complexity index is 1140. The molecule has 3 heterocycles. The van der Waals surface area contributed by atoms with Crippen molar-refractivity contribution in [2.75, 3.05) is 13.1 Å². The van der Waals surface area contributed by atoms with Crippen molar-refractivity contribution in [3.8, 4) is 17.4 Å². The van der Waals surface area contributed by atoms with E-state index in [1.54, 1.807) is 17.0 Å². The molecular weight excluding hydrogens is 442 g/mol. The second-order valence-electron chi connectivity index (χ2n) is 7.61. The first-order valence-corrected chi connectivity index (χ1v) is 10.1. The molecule has 33 heavy (non-hydrogen) atoms. The average Bonchev–Trinajstić information content (AvgIpc) is 2.79. The minimum absolute atomic E-state index is 0.182. The predicted octanol–water partition coefficient (Wildman–Crippen LogP) is 4.08. The number of carbonyl (C=O) groups is 1. The number of aromatic nitrogens is 4. The van der Waals surface area contributed by atoms with Crippen molar-refractivity contribution < 1.29 is 27.1 Å². The van der Waals surface area contributed by atoms with E-state index in [-0.39, 0.29) is 24.3 Å². The van der Waals surface area contributed by atoms with Crippen LogP contribution in [0.1, 0.15) is 34.3 Å². The van der Waals surface area contributed by atoms with Gasteiger partial charge in [0, 0.05) is 24.5 Å². The fourth-order valence-corrected chi connectivity index (χ4v) is 3.65. The Hall–Kier alpha value is -3.63. The number of likely N-dealkylation sites (tertiary alicyclic amines) is 1. The Morgan fingerprint density at radius 3 is 2.45 bits per heavy atom. The van der Waals surface area contributed by atoms with E-state index in [1.165, 1.54) is 0 Å². The van der Waals surface area contributed by atoms with Crippen LogP contribution in [0.5, 0.6) is 6.01 Å². The van der Waals surface area contributed by atoms with Crippen molar-refractivity contribution in [1.82, 2.24) is 24.8 Å². The first-order valence-electron chi connectivity index (χ1n) is 10.1. The summed E-state index contributed by atoms with van der Waals surface area (Å²) in [6.07, 6.45) is -0.385. The number of hydrogen-bond acceptors (Lipinski definition) is 6. The number of alkyl halides is 3. The van der Waals surface area contributed by atoms with E-state index in [9.17, 15) is 22.4 Å². The van der Waals surface area contributed by atoms with Crippen molar-refractivity contribution in [2.45, 2.75) is 32.0 Å². The zero-order valence-corrected chi connectivity index (χ0v) is 17.5. The molecule has 1 aromatic carbocycles. The van der Waals surface area contributed by atoms with Gasteiger partial charge in [0.15, 0.2) is 11.6 Å². The van der Waals surface area contributed by atoms with Gasteiger partial charge in [-0.25, -0.2) is 24.3 Å². The van der Waals surface area contributed by atoms with Crippen LogP contribution in [0.4, 0.5) is 17.6 Å². The van der Waals surface area contributed by atoms with E-state index in [0.29, 0.717) is 42.9 Å². The molecule has 1 fully saturated rings. The van der Waals surface area contributed by atoms with Gasteiger partial charge in [-0.1, -0.05) is 12.1 Å². The van der Waals surface area contributed by atoms with Crippen molar-refractivity contribution in [2.24, 2.45) is 0 Å². The van der Waals surface area contributed by atoms with Gasteiger partial charge < -0.3 is 9.64 Å². The Morgan fingerprint density at radius 2 is 1.79 bits per heavy atom. The van der Waals surface area contributed by atoms with Gasteiger partial charge in [-0.05, 0) is 31.4 Å². The summed E-state index contributed by atoms with van der Waals surface area (Å²) in [6.45, 7) is 2.49. The fraction of sp³-hybridized carbons (Fsp3) is 0.318. The molecule has 7 nitrogen and oxygen atoms in total. The Balaban J connectivity index is 1.52. The molecule has 0 bridgehead atoms. The van der Waals surface area contributed by atoms with E-state index >= 15 is 0 Å². The molecule has 1 atom stereocenters. The van der Waals surface area contributed by atoms with Crippen LogP contribution in [-0.2, 0) is 6.18 Å². The van der Waals surface area contributed by atoms with Crippen molar-refractivity contribution in [3.63, 3.8) is 0 Å². The Kier molecular flexibility index (Phi) is 6.21. The number of amides is 1. The average molecular weight is 461 g/mol. The molecule has 0 spiro atoms. The zero-order chi connectivity index (χ0) is 23.6. The van der Waals surface area contributed by atoms with Gasteiger partial charge in [-0.3, -0.25) is 4.79 Å². The normalized spacial score (nSPS) is 16.5. The maximum atomic E-state index is 13.4. The molecule has 0 N–H and O–H groups in total. The van der Waals surface area contributed by atoms with Gasteiger partial charge in [0.1, 0.15) is 6.10 Å². The lowest BCUT2D eigenvalue weighted by Gasteiger charge is -2.33. The first kappa shape index (κ1) is 22.6. The van der Waals surface area contributed by atoms with Gasteiger partial charge in [0.25, 0.3) is 5.91 Å². The maximum absolute atomic E-state index is 13.4. The number of halogens is 4. The van der Waals surface area contributed by atoms with Crippen LogP contribution in [0.2, 0.25) is 0 Å². The molecule has 1 aliphatic rings. The zero-order valence-electron chi connectivity index (χ0n) is 17.5. The predicted molar refractivity (Wildman–Crippen MR) is 109 cm³/mol. The number of rotatable bonds is 4. The largest absolute Gasteiger partial charge is 0.458 e. The second kappa shape index (κ2) is 9.08. The molecule has 172 valence electrons. The Morgan fingerprint density at radius 1 is 1.09 bits per heavy atom. The van der Waals surface area contributed by atoms with Crippen molar-refractivity contribution >= 4 is 5.91 Å². The number of aryl methyl sites for hydroxylation is 1. The molecule has 1 amide bonds. The van der Waals surface area contributed by atoms with Crippen molar-refractivity contribution in [3.05, 3.63) is 65.5 Å². The highest BCUT2D eigenvalue weighted by molar-refractivity contribution is 6.00. The van der Waals surface area contributed by atoms with Gasteiger partial charge >= 0.3 is 12.2 Å². The van der Waals surface area contributed by atoms with Crippen LogP contribution in [-0.4, -0.2) is 49.9 Å². The summed E-state index contributed by atoms with van der Waals surface area (Å²) in [5.41, 5.74) is 0.672. The number of hydrogen-bond donors (Lipinski definition) is 0. The minimum Gasteiger partial charge on any atom is -0.458 e. The van der Waals surface area contributed by atoms with E-state index < -0.39 is 23.7 Å². The number of ether oxygens (including phenoxy) is 1. The SMILES string of the molecule is Cc1cccc(C(=O)N2CCCC(Oc3ncc(C(F)(F)F)cn3)C2)c1-c1ncc(F)cn1. The van der Waals surface area contributed by atoms with Gasteiger partial charge in [0.05, 0.1) is 30.1 Å². The topological polar surface area (TPSA) is 81.1 Å². The first-order chi connectivity index (χ1) is 15.7. The summed E-state index contributed by atoms with van der Waals surface area (Å²) in [5, 5.41) is 0. The van der Waals surface area contributed by atoms with Gasteiger partial charge in [0.2, 0.25) is 0 Å². The fourth-order valence-electron chi connectivity index (χ4n) is 3.65. The number of nitrogens with zero attached hydrogens (tertiary/aromatic N) is 5. The molecule has 2 aromatic heterocycles. The highest BCUT2D eigenvalue weighted by Crippen LogP contribution is 2.29. The summed E-state index contributed by atoms with van der Waals surface area (Å²) >= 11 is 0. The highest BCUT2D eigenvalue weighted by atomic mass is 19.4. The summed E-state index contributed by atoms with van der Waals surface area (Å²) in [4.78, 5) is 30.2. The molecule has 1 saturated heterocycles. The molecule has 1 aliphatic heterocycles. The van der Waals surface area contributed by atoms with E-state index in [2.05, 4.69) is 19.9 Å². The summed E-state index contributed by atoms with van der Waals surface area (Å²) in [7, 11) is 0. The Labute approximate surface area is 186 Å². The monoisotopic (exact) mass is 461 g/mol. The lowest BCUT2D eigenvalue weighted by atomic mass is 9.98. The standard InChI is InChI=1S/C22H19F4N5O2/c1-13-4-2-6-17(18(13)19-27-10-15(23)11-28-19)20(32)31-7-3-5-16(12-31)33-21-29-8-14(9-30-21)22(24,25)26/h2,4,6,8-11,16H,3,5,7,12H2,1H3. The van der Waals surface area contributed by atoms with Crippen LogP contribution in [0, 0.1) is 12.7 Å². The molecule has 11 heteroatoms. The van der Waals surface area contributed by atoms with Crippen LogP contribution in [0.3, 0.4) is 0 Å². The lowest BCUT2D eigenvalue weighted by molar-refractivity contribution is -0.138. The van der Waals surface area contributed by atoms with Gasteiger partial charge in [-0.2, -0.15) is 13.2 Å². The molecule has 4 rings (SSSR count). The van der Waals surface area contributed by atoms with Crippen molar-refractivity contribution in [1.29, 1.82) is 0 Å². The van der Waals surface area contributed by atoms with E-state index in [0.717, 1.165) is 18.0 Å². The van der Waals surface area contributed by atoms with Crippen LogP contribution >= 0.6 is 0 Å². The molecule has 3 aromatic rings. The number of benzene rings is 1. The number of carbonyl (C=O) groups excluding carboxylic acids is 1. The minimum atomic E-state index is -4.54. The third-order valence-corrected chi connectivity index (χ3v) is 5.24. The lowest BCUT2D eigenvalue weighted by Crippen LogP contribution is -2.44. The third-order valence-electron chi connectivity index (χ3n) is 5.24. The molecule has 0 radical (unpaired) electrons. The van der Waals surface area contributed by atoms with Crippen LogP contribution in [0.25, 0.3) is 11.4 Å². The third kappa shape index (κ3) is 5.07. The quantitative estimate of drug-likeness (QED) is 0.545. The highest BCUT2D eigenvalue weighted by Gasteiger charge is 2.32. The van der Waals surface area contributed by atoms with Crippen LogP contribution in [0.15, 0.2) is 43.0 Å². The van der Waals surface area contributed by atoms with Gasteiger partial charge in [-0.15, -0.1) is 0 Å². The number of piperidine rings is 1. The van der Waals surface area contributed by atoms with Crippen LogP contribution < -0.4 is 4.74 Å². The molecule has 1 unspecified atom stereocenters. The maximum Gasteiger partial charge on any atom is 0.419 e. The summed E-state index contributed by atoms with van der Waals surface area (Å²) in [5.74, 6) is -0.620.